The highest BCUT2D eigenvalue weighted by atomic mass is 35.5. The third-order valence-corrected chi connectivity index (χ3v) is 2.71. The van der Waals surface area contributed by atoms with E-state index < -0.39 is 11.6 Å². The van der Waals surface area contributed by atoms with Crippen LogP contribution in [0.3, 0.4) is 0 Å². The minimum absolute atomic E-state index is 0.104. The van der Waals surface area contributed by atoms with Gasteiger partial charge in [-0.2, -0.15) is 4.98 Å². The predicted octanol–water partition coefficient (Wildman–Crippen LogP) is 3.73. The van der Waals surface area contributed by atoms with Gasteiger partial charge in [0.05, 0.1) is 6.20 Å². The number of halogens is 3. The smallest absolute Gasteiger partial charge is 0.258 e. The molecule has 0 fully saturated rings. The zero-order valence-corrected chi connectivity index (χ0v) is 10.6. The average molecular weight is 294 g/mol. The zero-order valence-electron chi connectivity index (χ0n) is 9.85. The Morgan fingerprint density at radius 1 is 1.05 bits per heavy atom. The van der Waals surface area contributed by atoms with Crippen molar-refractivity contribution in [2.45, 2.75) is 0 Å². The van der Waals surface area contributed by atoms with Crippen molar-refractivity contribution >= 4 is 11.6 Å². The molecule has 0 atom stereocenters. The number of benzene rings is 1. The van der Waals surface area contributed by atoms with E-state index in [1.54, 1.807) is 0 Å². The molecule has 0 saturated heterocycles. The summed E-state index contributed by atoms with van der Waals surface area (Å²) in [4.78, 5) is 7.91. The van der Waals surface area contributed by atoms with Crippen LogP contribution in [0.1, 0.15) is 0 Å². The van der Waals surface area contributed by atoms with Gasteiger partial charge in [-0.1, -0.05) is 16.8 Å². The van der Waals surface area contributed by atoms with E-state index in [0.717, 1.165) is 6.20 Å². The lowest BCUT2D eigenvalue weighted by Crippen LogP contribution is -1.87. The molecule has 100 valence electrons. The number of rotatable bonds is 2. The van der Waals surface area contributed by atoms with E-state index in [-0.39, 0.29) is 16.7 Å². The van der Waals surface area contributed by atoms with Crippen LogP contribution in [0.4, 0.5) is 8.78 Å². The van der Waals surface area contributed by atoms with Crippen molar-refractivity contribution in [1.82, 2.24) is 15.1 Å². The summed E-state index contributed by atoms with van der Waals surface area (Å²) in [6.07, 6.45) is 1.05. The number of nitrogens with zero attached hydrogens (tertiary/aromatic N) is 3. The average Bonchev–Trinajstić information content (AvgIpc) is 2.88. The lowest BCUT2D eigenvalue weighted by atomic mass is 10.2. The molecule has 0 saturated carbocycles. The molecule has 0 aliphatic heterocycles. The van der Waals surface area contributed by atoms with Gasteiger partial charge in [-0.3, -0.25) is 0 Å². The summed E-state index contributed by atoms with van der Waals surface area (Å²) in [7, 11) is 0. The summed E-state index contributed by atoms with van der Waals surface area (Å²) in [6, 6.07) is 6.55. The lowest BCUT2D eigenvalue weighted by Gasteiger charge is -1.96. The Kier molecular flexibility index (Phi) is 3.15. The van der Waals surface area contributed by atoms with Gasteiger partial charge in [-0.25, -0.2) is 13.8 Å². The highest BCUT2D eigenvalue weighted by Crippen LogP contribution is 2.24. The molecular formula is C13H6ClF2N3O. The van der Waals surface area contributed by atoms with Gasteiger partial charge in [0, 0.05) is 10.6 Å². The van der Waals surface area contributed by atoms with E-state index in [0.29, 0.717) is 11.3 Å². The van der Waals surface area contributed by atoms with Gasteiger partial charge < -0.3 is 4.52 Å². The Hall–Kier alpha value is -2.34. The van der Waals surface area contributed by atoms with Crippen LogP contribution >= 0.6 is 11.6 Å². The summed E-state index contributed by atoms with van der Waals surface area (Å²) in [5.74, 6) is -0.686. The fraction of sp³-hybridized carbons (Fsp3) is 0. The van der Waals surface area contributed by atoms with Crippen molar-refractivity contribution in [3.05, 3.63) is 53.2 Å². The fourth-order valence-corrected chi connectivity index (χ4v) is 1.85. The molecule has 7 heteroatoms. The molecule has 2 aromatic heterocycles. The van der Waals surface area contributed by atoms with Crippen LogP contribution in [0.25, 0.3) is 23.0 Å². The number of hydrogen-bond acceptors (Lipinski definition) is 4. The van der Waals surface area contributed by atoms with Gasteiger partial charge in [-0.15, -0.1) is 0 Å². The monoisotopic (exact) mass is 293 g/mol. The molecule has 0 spiro atoms. The van der Waals surface area contributed by atoms with Gasteiger partial charge in [0.2, 0.25) is 5.82 Å². The Morgan fingerprint density at radius 3 is 2.60 bits per heavy atom. The minimum atomic E-state index is -0.507. The molecule has 0 aliphatic rings. The fourth-order valence-electron chi connectivity index (χ4n) is 1.63. The standard InChI is InChI=1S/C13H6ClF2N3O/c14-8-3-7(4-10(16)5-8)13-18-12(19-20-13)11-2-1-9(15)6-17-11/h1-6H. The van der Waals surface area contributed by atoms with Crippen molar-refractivity contribution in [3.63, 3.8) is 0 Å². The van der Waals surface area contributed by atoms with E-state index >= 15 is 0 Å². The Balaban J connectivity index is 1.99. The topological polar surface area (TPSA) is 51.8 Å². The van der Waals surface area contributed by atoms with Gasteiger partial charge in [-0.05, 0) is 30.3 Å². The second-order valence-electron chi connectivity index (χ2n) is 3.94. The molecule has 0 N–H and O–H groups in total. The molecule has 4 nitrogen and oxygen atoms in total. The van der Waals surface area contributed by atoms with Crippen LogP contribution < -0.4 is 0 Å². The van der Waals surface area contributed by atoms with Gasteiger partial charge >= 0.3 is 0 Å². The predicted molar refractivity (Wildman–Crippen MR) is 67.9 cm³/mol. The lowest BCUT2D eigenvalue weighted by molar-refractivity contribution is 0.432. The molecule has 2 heterocycles. The maximum absolute atomic E-state index is 13.3. The van der Waals surface area contributed by atoms with E-state index in [9.17, 15) is 8.78 Å². The second-order valence-corrected chi connectivity index (χ2v) is 4.38. The number of hydrogen-bond donors (Lipinski definition) is 0. The molecular weight excluding hydrogens is 288 g/mol. The van der Waals surface area contributed by atoms with E-state index in [2.05, 4.69) is 15.1 Å². The van der Waals surface area contributed by atoms with Crippen molar-refractivity contribution < 1.29 is 13.3 Å². The summed E-state index contributed by atoms with van der Waals surface area (Å²) in [6.45, 7) is 0. The summed E-state index contributed by atoms with van der Waals surface area (Å²) in [5.41, 5.74) is 0.708. The molecule has 3 rings (SSSR count). The van der Waals surface area contributed by atoms with Crippen LogP contribution in [0, 0.1) is 11.6 Å². The molecule has 0 amide bonds. The summed E-state index contributed by atoms with van der Waals surface area (Å²) in [5, 5.41) is 3.94. The number of pyridine rings is 1. The van der Waals surface area contributed by atoms with Crippen LogP contribution in [0.2, 0.25) is 5.02 Å². The summed E-state index contributed by atoms with van der Waals surface area (Å²) >= 11 is 5.76. The molecule has 0 radical (unpaired) electrons. The Labute approximate surface area is 117 Å². The number of aromatic nitrogens is 3. The Morgan fingerprint density at radius 2 is 1.90 bits per heavy atom. The molecule has 3 aromatic rings. The highest BCUT2D eigenvalue weighted by Gasteiger charge is 2.13. The normalized spacial score (nSPS) is 10.8. The molecule has 20 heavy (non-hydrogen) atoms. The van der Waals surface area contributed by atoms with E-state index in [1.165, 1.54) is 30.3 Å². The van der Waals surface area contributed by atoms with Gasteiger partial charge in [0.1, 0.15) is 17.3 Å². The van der Waals surface area contributed by atoms with Crippen LogP contribution in [0.15, 0.2) is 41.1 Å². The quantitative estimate of drug-likeness (QED) is 0.722. The maximum atomic E-state index is 13.3. The van der Waals surface area contributed by atoms with Gasteiger partial charge in [0.15, 0.2) is 0 Å². The third kappa shape index (κ3) is 2.50. The van der Waals surface area contributed by atoms with E-state index in [1.807, 2.05) is 0 Å². The maximum Gasteiger partial charge on any atom is 0.258 e. The first kappa shape index (κ1) is 12.7. The largest absolute Gasteiger partial charge is 0.334 e. The van der Waals surface area contributed by atoms with Crippen molar-refractivity contribution in [2.24, 2.45) is 0 Å². The summed E-state index contributed by atoms with van der Waals surface area (Å²) < 4.78 is 31.1. The van der Waals surface area contributed by atoms with Crippen LogP contribution in [0.5, 0.6) is 0 Å². The highest BCUT2D eigenvalue weighted by molar-refractivity contribution is 6.30. The first-order valence-electron chi connectivity index (χ1n) is 5.54. The van der Waals surface area contributed by atoms with Crippen molar-refractivity contribution in [2.75, 3.05) is 0 Å². The van der Waals surface area contributed by atoms with Crippen molar-refractivity contribution in [1.29, 1.82) is 0 Å². The van der Waals surface area contributed by atoms with Gasteiger partial charge in [0.25, 0.3) is 5.89 Å². The second kappa shape index (κ2) is 4.97. The SMILES string of the molecule is Fc1ccc(-c2noc(-c3cc(F)cc(Cl)c3)n2)nc1. The minimum Gasteiger partial charge on any atom is -0.334 e. The molecule has 0 aliphatic carbocycles. The first-order valence-corrected chi connectivity index (χ1v) is 5.92. The first-order chi connectivity index (χ1) is 9.61. The van der Waals surface area contributed by atoms with E-state index in [4.69, 9.17) is 16.1 Å². The van der Waals surface area contributed by atoms with Crippen LogP contribution in [-0.4, -0.2) is 15.1 Å². The zero-order chi connectivity index (χ0) is 14.1. The van der Waals surface area contributed by atoms with Crippen molar-refractivity contribution in [3.8, 4) is 23.0 Å². The Bertz CT molecular complexity index is 738. The molecule has 1 aromatic carbocycles. The third-order valence-electron chi connectivity index (χ3n) is 2.49. The van der Waals surface area contributed by atoms with Crippen LogP contribution in [-0.2, 0) is 0 Å². The molecule has 0 unspecified atom stereocenters. The molecule has 0 bridgehead atoms.